The van der Waals surface area contributed by atoms with Crippen molar-refractivity contribution in [2.45, 2.75) is 32.2 Å². The molecule has 0 saturated heterocycles. The van der Waals surface area contributed by atoms with Gasteiger partial charge in [0.1, 0.15) is 11.3 Å². The van der Waals surface area contributed by atoms with Crippen LogP contribution in [0.25, 0.3) is 11.0 Å². The van der Waals surface area contributed by atoms with Gasteiger partial charge in [-0.2, -0.15) is 0 Å². The third kappa shape index (κ3) is 1.82. The Morgan fingerprint density at radius 2 is 2.28 bits per heavy atom. The molecule has 4 nitrogen and oxygen atoms in total. The van der Waals surface area contributed by atoms with Crippen LogP contribution in [0.4, 0.5) is 5.95 Å². The van der Waals surface area contributed by atoms with Crippen LogP contribution in [0, 0.1) is 5.92 Å². The van der Waals surface area contributed by atoms with Gasteiger partial charge in [-0.05, 0) is 24.5 Å². The highest BCUT2D eigenvalue weighted by Crippen LogP contribution is 2.32. The van der Waals surface area contributed by atoms with Crippen molar-refractivity contribution >= 4 is 17.0 Å². The first-order valence-electron chi connectivity index (χ1n) is 6.58. The summed E-state index contributed by atoms with van der Waals surface area (Å²) in [6, 6.07) is 5.97. The Kier molecular flexibility index (Phi) is 2.86. The second-order valence-electron chi connectivity index (χ2n) is 5.04. The fourth-order valence-corrected chi connectivity index (χ4v) is 2.63. The average Bonchev–Trinajstić information content (AvgIpc) is 2.64. The lowest BCUT2D eigenvalue weighted by atomic mass is 9.83. The van der Waals surface area contributed by atoms with Gasteiger partial charge in [-0.3, -0.25) is 0 Å². The number of hydrogen-bond donors (Lipinski definition) is 1. The number of para-hydroxylation sites is 1. The van der Waals surface area contributed by atoms with Gasteiger partial charge in [0, 0.05) is 6.54 Å². The molecular formula is C14H19N3O. The lowest BCUT2D eigenvalue weighted by Crippen LogP contribution is -2.14. The molecule has 0 atom stereocenters. The molecule has 0 spiro atoms. The fraction of sp³-hybridized carbons (Fsp3) is 0.500. The van der Waals surface area contributed by atoms with Crippen LogP contribution in [0.15, 0.2) is 18.2 Å². The second-order valence-corrected chi connectivity index (χ2v) is 5.04. The summed E-state index contributed by atoms with van der Waals surface area (Å²) in [4.78, 5) is 4.42. The van der Waals surface area contributed by atoms with Crippen LogP contribution < -0.4 is 10.5 Å². The molecule has 3 rings (SSSR count). The highest BCUT2D eigenvalue weighted by Gasteiger charge is 2.18. The van der Waals surface area contributed by atoms with Crippen LogP contribution in [-0.2, 0) is 6.54 Å². The van der Waals surface area contributed by atoms with E-state index in [1.807, 2.05) is 12.1 Å². The van der Waals surface area contributed by atoms with E-state index in [1.54, 1.807) is 7.11 Å². The summed E-state index contributed by atoms with van der Waals surface area (Å²) in [5.74, 6) is 2.27. The molecule has 0 aliphatic heterocycles. The van der Waals surface area contributed by atoms with Crippen LogP contribution in [-0.4, -0.2) is 16.7 Å². The zero-order valence-corrected chi connectivity index (χ0v) is 10.7. The molecule has 1 saturated carbocycles. The maximum Gasteiger partial charge on any atom is 0.201 e. The molecule has 2 N–H and O–H groups in total. The molecule has 96 valence electrons. The largest absolute Gasteiger partial charge is 0.494 e. The third-order valence-electron chi connectivity index (χ3n) is 3.98. The zero-order valence-electron chi connectivity index (χ0n) is 10.7. The molecule has 1 fully saturated rings. The third-order valence-corrected chi connectivity index (χ3v) is 3.98. The number of methoxy groups -OCH3 is 1. The number of aromatic nitrogens is 2. The zero-order chi connectivity index (χ0) is 12.5. The molecule has 1 aliphatic rings. The van der Waals surface area contributed by atoms with Crippen LogP contribution >= 0.6 is 0 Å². The molecule has 1 aromatic carbocycles. The standard InChI is InChI=1S/C14H19N3O/c1-18-12-7-3-6-11-13(12)16-14(15)17(11)9-8-10-4-2-5-10/h3,6-7,10H,2,4-5,8-9H2,1H3,(H2,15,16). The van der Waals surface area contributed by atoms with E-state index in [2.05, 4.69) is 15.6 Å². The highest BCUT2D eigenvalue weighted by molar-refractivity contribution is 5.84. The number of hydrogen-bond acceptors (Lipinski definition) is 3. The van der Waals surface area contributed by atoms with E-state index in [9.17, 15) is 0 Å². The van der Waals surface area contributed by atoms with Crippen LogP contribution in [0.3, 0.4) is 0 Å². The minimum Gasteiger partial charge on any atom is -0.494 e. The number of ether oxygens (including phenoxy) is 1. The molecule has 2 aromatic rings. The number of nitrogen functional groups attached to an aromatic ring is 1. The molecule has 0 radical (unpaired) electrons. The summed E-state index contributed by atoms with van der Waals surface area (Å²) in [6.45, 7) is 0.958. The van der Waals surface area contributed by atoms with Crippen molar-refractivity contribution in [3.63, 3.8) is 0 Å². The smallest absolute Gasteiger partial charge is 0.201 e. The lowest BCUT2D eigenvalue weighted by molar-refractivity contribution is 0.284. The Balaban J connectivity index is 1.92. The molecule has 4 heteroatoms. The van der Waals surface area contributed by atoms with Crippen molar-refractivity contribution < 1.29 is 4.74 Å². The quantitative estimate of drug-likeness (QED) is 0.901. The van der Waals surface area contributed by atoms with Crippen LogP contribution in [0.5, 0.6) is 5.75 Å². The molecule has 1 aromatic heterocycles. The van der Waals surface area contributed by atoms with Crippen molar-refractivity contribution in [2.75, 3.05) is 12.8 Å². The summed E-state index contributed by atoms with van der Waals surface area (Å²) < 4.78 is 7.43. The Morgan fingerprint density at radius 1 is 1.44 bits per heavy atom. The van der Waals surface area contributed by atoms with Gasteiger partial charge in [-0.15, -0.1) is 0 Å². The summed E-state index contributed by atoms with van der Waals surface area (Å²) in [6.07, 6.45) is 5.33. The number of imidazole rings is 1. The first-order chi connectivity index (χ1) is 8.79. The normalized spacial score (nSPS) is 15.8. The van der Waals surface area contributed by atoms with Gasteiger partial charge in [0.2, 0.25) is 5.95 Å². The summed E-state index contributed by atoms with van der Waals surface area (Å²) in [5, 5.41) is 0. The second kappa shape index (κ2) is 4.52. The van der Waals surface area contributed by atoms with Gasteiger partial charge >= 0.3 is 0 Å². The van der Waals surface area contributed by atoms with Gasteiger partial charge < -0.3 is 15.0 Å². The molecule has 0 bridgehead atoms. The summed E-state index contributed by atoms with van der Waals surface area (Å²) >= 11 is 0. The van der Waals surface area contributed by atoms with E-state index in [0.717, 1.165) is 29.2 Å². The predicted molar refractivity (Wildman–Crippen MR) is 72.7 cm³/mol. The van der Waals surface area contributed by atoms with Crippen molar-refractivity contribution in [3.8, 4) is 5.75 Å². The summed E-state index contributed by atoms with van der Waals surface area (Å²) in [7, 11) is 1.67. The number of nitrogens with two attached hydrogens (primary N) is 1. The van der Waals surface area contributed by atoms with Crippen molar-refractivity contribution in [3.05, 3.63) is 18.2 Å². The van der Waals surface area contributed by atoms with Crippen LogP contribution in [0.2, 0.25) is 0 Å². The molecule has 18 heavy (non-hydrogen) atoms. The number of benzene rings is 1. The molecule has 0 unspecified atom stereocenters. The topological polar surface area (TPSA) is 53.1 Å². The molecule has 1 aliphatic carbocycles. The van der Waals surface area contributed by atoms with E-state index in [1.165, 1.54) is 25.7 Å². The number of rotatable bonds is 4. The predicted octanol–water partition coefficient (Wildman–Crippen LogP) is 2.82. The van der Waals surface area contributed by atoms with E-state index >= 15 is 0 Å². The van der Waals surface area contributed by atoms with E-state index in [0.29, 0.717) is 5.95 Å². The molecule has 0 amide bonds. The van der Waals surface area contributed by atoms with Crippen molar-refractivity contribution in [2.24, 2.45) is 5.92 Å². The van der Waals surface area contributed by atoms with Gasteiger partial charge in [0.25, 0.3) is 0 Å². The first kappa shape index (κ1) is 11.4. The maximum atomic E-state index is 6.02. The Labute approximate surface area is 107 Å². The first-order valence-corrected chi connectivity index (χ1v) is 6.58. The van der Waals surface area contributed by atoms with E-state index < -0.39 is 0 Å². The number of aryl methyl sites for hydroxylation is 1. The van der Waals surface area contributed by atoms with Gasteiger partial charge in [0.05, 0.1) is 12.6 Å². The van der Waals surface area contributed by atoms with Crippen LogP contribution in [0.1, 0.15) is 25.7 Å². The maximum absolute atomic E-state index is 6.02. The van der Waals surface area contributed by atoms with E-state index in [4.69, 9.17) is 10.5 Å². The molecular weight excluding hydrogens is 226 g/mol. The highest BCUT2D eigenvalue weighted by atomic mass is 16.5. The van der Waals surface area contributed by atoms with Crippen molar-refractivity contribution in [1.29, 1.82) is 0 Å². The molecule has 1 heterocycles. The fourth-order valence-electron chi connectivity index (χ4n) is 2.63. The lowest BCUT2D eigenvalue weighted by Gasteiger charge is -2.25. The van der Waals surface area contributed by atoms with Crippen molar-refractivity contribution in [1.82, 2.24) is 9.55 Å². The number of fused-ring (bicyclic) bond motifs is 1. The Morgan fingerprint density at radius 3 is 2.94 bits per heavy atom. The SMILES string of the molecule is COc1cccc2c1nc(N)n2CCC1CCC1. The van der Waals surface area contributed by atoms with Gasteiger partial charge in [-0.25, -0.2) is 4.98 Å². The number of anilines is 1. The minimum absolute atomic E-state index is 0.592. The Hall–Kier alpha value is -1.71. The van der Waals surface area contributed by atoms with Gasteiger partial charge in [0.15, 0.2) is 0 Å². The average molecular weight is 245 g/mol. The minimum atomic E-state index is 0.592. The van der Waals surface area contributed by atoms with E-state index in [-0.39, 0.29) is 0 Å². The summed E-state index contributed by atoms with van der Waals surface area (Å²) in [5.41, 5.74) is 7.96. The Bertz CT molecular complexity index is 557. The van der Waals surface area contributed by atoms with Gasteiger partial charge in [-0.1, -0.05) is 25.3 Å². The monoisotopic (exact) mass is 245 g/mol. The number of nitrogens with zero attached hydrogens (tertiary/aromatic N) is 2.